The predicted octanol–water partition coefficient (Wildman–Crippen LogP) is 1.83. The van der Waals surface area contributed by atoms with E-state index in [4.69, 9.17) is 0 Å². The van der Waals surface area contributed by atoms with Crippen LogP contribution in [0.1, 0.15) is 4.88 Å². The zero-order valence-corrected chi connectivity index (χ0v) is 7.91. The van der Waals surface area contributed by atoms with Crippen molar-refractivity contribution in [2.45, 2.75) is 12.6 Å². The molecule has 1 heterocycles. The number of carbonyl (C=O) groups is 1. The standard InChI is InChI=1S/C7H6F3NO2S/c1-13-6-11-3-4(14-6)2-5(12)7(8,9)10/h3H,2H2,1H3. The highest BCUT2D eigenvalue weighted by Gasteiger charge is 2.38. The molecule has 0 saturated heterocycles. The van der Waals surface area contributed by atoms with Crippen LogP contribution < -0.4 is 4.74 Å². The monoisotopic (exact) mass is 225 g/mol. The van der Waals surface area contributed by atoms with E-state index in [1.165, 1.54) is 13.3 Å². The van der Waals surface area contributed by atoms with Gasteiger partial charge in [0.1, 0.15) is 0 Å². The molecule has 0 aliphatic heterocycles. The minimum atomic E-state index is -4.78. The second-order valence-electron chi connectivity index (χ2n) is 2.39. The number of thiazole rings is 1. The number of carbonyl (C=O) groups excluding carboxylic acids is 1. The Morgan fingerprint density at radius 2 is 2.29 bits per heavy atom. The fraction of sp³-hybridized carbons (Fsp3) is 0.429. The summed E-state index contributed by atoms with van der Waals surface area (Å²) in [5.74, 6) is -1.77. The largest absolute Gasteiger partial charge is 0.473 e. The molecule has 1 aromatic heterocycles. The fourth-order valence-electron chi connectivity index (χ4n) is 0.724. The highest BCUT2D eigenvalue weighted by molar-refractivity contribution is 7.13. The summed E-state index contributed by atoms with van der Waals surface area (Å²) in [4.78, 5) is 14.4. The molecule has 1 aromatic rings. The van der Waals surface area contributed by atoms with Gasteiger partial charge >= 0.3 is 6.18 Å². The van der Waals surface area contributed by atoms with Crippen LogP contribution in [0.15, 0.2) is 6.20 Å². The lowest BCUT2D eigenvalue weighted by atomic mass is 10.2. The first-order valence-corrected chi connectivity index (χ1v) is 4.34. The van der Waals surface area contributed by atoms with E-state index >= 15 is 0 Å². The number of rotatable bonds is 3. The van der Waals surface area contributed by atoms with Gasteiger partial charge in [-0.3, -0.25) is 4.79 Å². The van der Waals surface area contributed by atoms with Gasteiger partial charge in [-0.05, 0) is 0 Å². The smallest absolute Gasteiger partial charge is 0.450 e. The molecular weight excluding hydrogens is 219 g/mol. The molecule has 0 unspecified atom stereocenters. The van der Waals surface area contributed by atoms with Crippen molar-refractivity contribution in [2.24, 2.45) is 0 Å². The van der Waals surface area contributed by atoms with Gasteiger partial charge in [0, 0.05) is 11.1 Å². The Kier molecular flexibility index (Phi) is 3.10. The van der Waals surface area contributed by atoms with Crippen LogP contribution in [0.3, 0.4) is 0 Å². The van der Waals surface area contributed by atoms with E-state index in [2.05, 4.69) is 9.72 Å². The minimum Gasteiger partial charge on any atom is -0.473 e. The summed E-state index contributed by atoms with van der Waals surface area (Å²) in [5, 5.41) is 0.245. The van der Waals surface area contributed by atoms with Crippen molar-refractivity contribution < 1.29 is 22.7 Å². The third kappa shape index (κ3) is 2.69. The van der Waals surface area contributed by atoms with Crippen LogP contribution in [0.4, 0.5) is 13.2 Å². The lowest BCUT2D eigenvalue weighted by Crippen LogP contribution is -2.24. The molecule has 0 N–H and O–H groups in total. The molecule has 0 atom stereocenters. The van der Waals surface area contributed by atoms with Crippen molar-refractivity contribution in [3.8, 4) is 5.19 Å². The third-order valence-electron chi connectivity index (χ3n) is 1.36. The number of hydrogen-bond donors (Lipinski definition) is 0. The van der Waals surface area contributed by atoms with Crippen LogP contribution in [-0.4, -0.2) is 24.1 Å². The number of ether oxygens (including phenoxy) is 1. The van der Waals surface area contributed by atoms with Crippen LogP contribution in [0.2, 0.25) is 0 Å². The SMILES string of the molecule is COc1ncc(CC(=O)C(F)(F)F)s1. The average Bonchev–Trinajstić information content (AvgIpc) is 2.50. The summed E-state index contributed by atoms with van der Waals surface area (Å²) in [6.07, 6.45) is -4.26. The summed E-state index contributed by atoms with van der Waals surface area (Å²) in [6.45, 7) is 0. The minimum absolute atomic E-state index is 0.240. The number of Topliss-reactive ketones (excluding diaryl/α,β-unsaturated/α-hetero) is 1. The number of alkyl halides is 3. The second-order valence-corrected chi connectivity index (χ2v) is 3.47. The molecule has 1 rings (SSSR count). The first kappa shape index (κ1) is 11.0. The third-order valence-corrected chi connectivity index (χ3v) is 2.32. The summed E-state index contributed by atoms with van der Waals surface area (Å²) >= 11 is 0.923. The maximum absolute atomic E-state index is 11.8. The zero-order valence-electron chi connectivity index (χ0n) is 7.09. The lowest BCUT2D eigenvalue weighted by molar-refractivity contribution is -0.170. The van der Waals surface area contributed by atoms with Gasteiger partial charge in [0.2, 0.25) is 5.78 Å². The molecule has 0 aromatic carbocycles. The molecule has 0 spiro atoms. The Hall–Kier alpha value is -1.11. The topological polar surface area (TPSA) is 39.2 Å². The molecule has 0 bridgehead atoms. The molecule has 0 aliphatic rings. The zero-order chi connectivity index (χ0) is 10.8. The van der Waals surface area contributed by atoms with Crippen molar-refractivity contribution in [1.82, 2.24) is 4.98 Å². The van der Waals surface area contributed by atoms with Gasteiger partial charge in [0.05, 0.1) is 13.5 Å². The quantitative estimate of drug-likeness (QED) is 0.787. The van der Waals surface area contributed by atoms with E-state index in [1.54, 1.807) is 0 Å². The van der Waals surface area contributed by atoms with Crippen molar-refractivity contribution in [3.05, 3.63) is 11.1 Å². The number of nitrogens with zero attached hydrogens (tertiary/aromatic N) is 1. The van der Waals surface area contributed by atoms with E-state index in [0.717, 1.165) is 11.3 Å². The lowest BCUT2D eigenvalue weighted by Gasteiger charge is -2.01. The van der Waals surface area contributed by atoms with E-state index in [1.807, 2.05) is 0 Å². The maximum Gasteiger partial charge on any atom is 0.450 e. The van der Waals surface area contributed by atoms with Gasteiger partial charge in [0.15, 0.2) is 0 Å². The number of methoxy groups -OCH3 is 1. The summed E-state index contributed by atoms with van der Waals surface area (Å²) in [5.41, 5.74) is 0. The van der Waals surface area contributed by atoms with Crippen molar-refractivity contribution >= 4 is 17.1 Å². The van der Waals surface area contributed by atoms with Crippen LogP contribution in [0.25, 0.3) is 0 Å². The van der Waals surface area contributed by atoms with Crippen molar-refractivity contribution in [3.63, 3.8) is 0 Å². The number of aromatic nitrogens is 1. The average molecular weight is 225 g/mol. The Morgan fingerprint density at radius 3 is 2.71 bits per heavy atom. The highest BCUT2D eigenvalue weighted by Crippen LogP contribution is 2.24. The summed E-state index contributed by atoms with van der Waals surface area (Å²) in [7, 11) is 1.36. The van der Waals surface area contributed by atoms with E-state index in [0.29, 0.717) is 0 Å². The van der Waals surface area contributed by atoms with Crippen LogP contribution in [0.5, 0.6) is 5.19 Å². The second kappa shape index (κ2) is 3.95. The van der Waals surface area contributed by atoms with E-state index < -0.39 is 18.4 Å². The first-order chi connectivity index (χ1) is 6.43. The predicted molar refractivity (Wildman–Crippen MR) is 43.4 cm³/mol. The number of ketones is 1. The molecule has 3 nitrogen and oxygen atoms in total. The van der Waals surface area contributed by atoms with Crippen LogP contribution in [-0.2, 0) is 11.2 Å². The molecule has 0 fully saturated rings. The van der Waals surface area contributed by atoms with Gasteiger partial charge < -0.3 is 4.74 Å². The van der Waals surface area contributed by atoms with Gasteiger partial charge in [0.25, 0.3) is 5.19 Å². The first-order valence-electron chi connectivity index (χ1n) is 3.52. The van der Waals surface area contributed by atoms with Crippen LogP contribution >= 0.6 is 11.3 Å². The summed E-state index contributed by atoms with van der Waals surface area (Å²) in [6, 6.07) is 0. The summed E-state index contributed by atoms with van der Waals surface area (Å²) < 4.78 is 40.2. The molecule has 0 saturated carbocycles. The van der Waals surface area contributed by atoms with E-state index in [-0.39, 0.29) is 10.1 Å². The molecule has 7 heteroatoms. The molecule has 0 radical (unpaired) electrons. The van der Waals surface area contributed by atoms with Crippen LogP contribution in [0, 0.1) is 0 Å². The normalized spacial score (nSPS) is 11.4. The fourth-order valence-corrected chi connectivity index (χ4v) is 1.45. The molecular formula is C7H6F3NO2S. The van der Waals surface area contributed by atoms with Gasteiger partial charge in [-0.25, -0.2) is 4.98 Å². The highest BCUT2D eigenvalue weighted by atomic mass is 32.1. The van der Waals surface area contributed by atoms with Gasteiger partial charge in [-0.1, -0.05) is 11.3 Å². The molecule has 78 valence electrons. The molecule has 0 aliphatic carbocycles. The van der Waals surface area contributed by atoms with E-state index in [9.17, 15) is 18.0 Å². The maximum atomic E-state index is 11.8. The Balaban J connectivity index is 2.65. The van der Waals surface area contributed by atoms with Crippen molar-refractivity contribution in [2.75, 3.05) is 7.11 Å². The molecule has 0 amide bonds. The van der Waals surface area contributed by atoms with Crippen molar-refractivity contribution in [1.29, 1.82) is 0 Å². The Labute approximate surface area is 81.5 Å². The van der Waals surface area contributed by atoms with Gasteiger partial charge in [-0.15, -0.1) is 0 Å². The Bertz CT molecular complexity index is 334. The molecule has 14 heavy (non-hydrogen) atoms. The number of hydrogen-bond acceptors (Lipinski definition) is 4. The van der Waals surface area contributed by atoms with Gasteiger partial charge in [-0.2, -0.15) is 13.2 Å². The number of halogens is 3. The Morgan fingerprint density at radius 1 is 1.64 bits per heavy atom.